The van der Waals surface area contributed by atoms with E-state index in [1.165, 1.54) is 5.56 Å². The van der Waals surface area contributed by atoms with Gasteiger partial charge in [-0.15, -0.1) is 0 Å². The molecule has 7 nitrogen and oxygen atoms in total. The van der Waals surface area contributed by atoms with Crippen molar-refractivity contribution in [2.45, 2.75) is 12.5 Å². The quantitative estimate of drug-likeness (QED) is 0.359. The van der Waals surface area contributed by atoms with Crippen LogP contribution in [-0.2, 0) is 6.42 Å². The maximum absolute atomic E-state index is 6.76. The van der Waals surface area contributed by atoms with Crippen LogP contribution in [0.2, 0.25) is 10.2 Å². The molecule has 5 heterocycles. The van der Waals surface area contributed by atoms with Gasteiger partial charge in [0.25, 0.3) is 0 Å². The van der Waals surface area contributed by atoms with Crippen LogP contribution in [0, 0.1) is 0 Å². The van der Waals surface area contributed by atoms with Crippen molar-refractivity contribution in [3.05, 3.63) is 70.9 Å². The van der Waals surface area contributed by atoms with Crippen LogP contribution in [0.5, 0.6) is 0 Å². The molecule has 4 aromatic heterocycles. The minimum absolute atomic E-state index is 0.139. The number of anilines is 2. The molecule has 0 radical (unpaired) electrons. The summed E-state index contributed by atoms with van der Waals surface area (Å²) in [4.78, 5) is 17.1. The molecular formula is C22H17Cl2N7. The van der Waals surface area contributed by atoms with Crippen LogP contribution in [0.1, 0.15) is 5.56 Å². The number of nitrogens with zero attached hydrogens (tertiary/aromatic N) is 4. The molecule has 9 heteroatoms. The second kappa shape index (κ2) is 7.14. The van der Waals surface area contributed by atoms with Crippen molar-refractivity contribution in [1.82, 2.24) is 24.3 Å². The van der Waals surface area contributed by atoms with Gasteiger partial charge in [0.1, 0.15) is 16.7 Å². The van der Waals surface area contributed by atoms with Crippen molar-refractivity contribution in [3.8, 4) is 11.3 Å². The van der Waals surface area contributed by atoms with Gasteiger partial charge < -0.3 is 15.6 Å². The van der Waals surface area contributed by atoms with Crippen molar-refractivity contribution in [2.24, 2.45) is 0 Å². The third-order valence-electron chi connectivity index (χ3n) is 5.60. The molecule has 0 saturated carbocycles. The van der Waals surface area contributed by atoms with Gasteiger partial charge >= 0.3 is 0 Å². The molecule has 5 aromatic rings. The summed E-state index contributed by atoms with van der Waals surface area (Å²) in [5.41, 5.74) is 4.38. The Bertz CT molecular complexity index is 1440. The summed E-state index contributed by atoms with van der Waals surface area (Å²) in [7, 11) is 0. The molecule has 154 valence electrons. The number of aromatic amines is 1. The maximum atomic E-state index is 6.76. The number of halogens is 2. The molecule has 6 rings (SSSR count). The minimum atomic E-state index is 0.139. The summed E-state index contributed by atoms with van der Waals surface area (Å²) < 4.78 is 1.85. The summed E-state index contributed by atoms with van der Waals surface area (Å²) in [5, 5.41) is 9.13. The Morgan fingerprint density at radius 1 is 1.13 bits per heavy atom. The average molecular weight is 450 g/mol. The number of aromatic nitrogens is 5. The summed E-state index contributed by atoms with van der Waals surface area (Å²) in [6.07, 6.45) is 8.12. The summed E-state index contributed by atoms with van der Waals surface area (Å²) >= 11 is 12.9. The van der Waals surface area contributed by atoms with E-state index >= 15 is 0 Å². The number of hydrogen-bond donors (Lipinski definition) is 3. The first-order valence-electron chi connectivity index (χ1n) is 9.91. The first-order valence-corrected chi connectivity index (χ1v) is 10.7. The monoisotopic (exact) mass is 449 g/mol. The topological polar surface area (TPSA) is 82.9 Å². The van der Waals surface area contributed by atoms with Gasteiger partial charge in [-0.1, -0.05) is 35.3 Å². The van der Waals surface area contributed by atoms with Crippen LogP contribution in [0.25, 0.3) is 27.8 Å². The predicted molar refractivity (Wildman–Crippen MR) is 124 cm³/mol. The smallest absolute Gasteiger partial charge is 0.181 e. The molecule has 3 N–H and O–H groups in total. The Balaban J connectivity index is 1.44. The third-order valence-corrected chi connectivity index (χ3v) is 6.19. The first-order chi connectivity index (χ1) is 15.2. The number of H-pyrrole nitrogens is 1. The van der Waals surface area contributed by atoms with Crippen LogP contribution >= 0.6 is 23.2 Å². The fraction of sp³-hybridized carbons (Fsp3) is 0.136. The van der Waals surface area contributed by atoms with E-state index in [1.807, 2.05) is 41.1 Å². The Morgan fingerprint density at radius 3 is 3.00 bits per heavy atom. The van der Waals surface area contributed by atoms with Crippen LogP contribution < -0.4 is 10.6 Å². The van der Waals surface area contributed by atoms with Crippen molar-refractivity contribution in [3.63, 3.8) is 0 Å². The van der Waals surface area contributed by atoms with Crippen molar-refractivity contribution >= 4 is 51.4 Å². The lowest BCUT2D eigenvalue weighted by Gasteiger charge is -2.26. The lowest BCUT2D eigenvalue weighted by Crippen LogP contribution is -2.35. The highest BCUT2D eigenvalue weighted by molar-refractivity contribution is 6.33. The zero-order valence-corrected chi connectivity index (χ0v) is 17.7. The van der Waals surface area contributed by atoms with Gasteiger partial charge in [0.05, 0.1) is 0 Å². The lowest BCUT2D eigenvalue weighted by atomic mass is 10.0. The highest BCUT2D eigenvalue weighted by Gasteiger charge is 2.23. The van der Waals surface area contributed by atoms with Crippen molar-refractivity contribution in [2.75, 3.05) is 17.2 Å². The molecular weight excluding hydrogens is 433 g/mol. The van der Waals surface area contributed by atoms with Crippen LogP contribution in [-0.4, -0.2) is 36.9 Å². The molecule has 1 aliphatic rings. The number of pyridine rings is 1. The molecule has 0 spiro atoms. The van der Waals surface area contributed by atoms with Gasteiger partial charge in [-0.25, -0.2) is 15.0 Å². The largest absolute Gasteiger partial charge is 0.368 e. The molecule has 1 aliphatic heterocycles. The van der Waals surface area contributed by atoms with Gasteiger partial charge in [-0.3, -0.25) is 4.40 Å². The average Bonchev–Trinajstić information content (AvgIpc) is 3.43. The molecule has 1 aromatic carbocycles. The Morgan fingerprint density at radius 2 is 2.06 bits per heavy atom. The maximum Gasteiger partial charge on any atom is 0.181 e. The Kier molecular flexibility index (Phi) is 4.26. The third kappa shape index (κ3) is 3.08. The van der Waals surface area contributed by atoms with E-state index in [0.717, 1.165) is 35.2 Å². The van der Waals surface area contributed by atoms with Gasteiger partial charge in [0, 0.05) is 58.9 Å². The number of hydrogen-bond acceptors (Lipinski definition) is 5. The number of nitrogens with one attached hydrogen (secondary N) is 3. The van der Waals surface area contributed by atoms with Crippen molar-refractivity contribution < 1.29 is 0 Å². The Labute approximate surface area is 187 Å². The highest BCUT2D eigenvalue weighted by Crippen LogP contribution is 2.35. The SMILES string of the molecule is Clc1ccc2c(-c3nc(NC4CNc5ncccc5C4)c4nccn4c3Cl)c[nH]c2c1. The highest BCUT2D eigenvalue weighted by atomic mass is 35.5. The molecule has 31 heavy (non-hydrogen) atoms. The Hall–Kier alpha value is -3.29. The second-order valence-corrected chi connectivity index (χ2v) is 8.34. The molecule has 0 bridgehead atoms. The molecule has 1 atom stereocenters. The summed E-state index contributed by atoms with van der Waals surface area (Å²) in [6, 6.07) is 9.91. The summed E-state index contributed by atoms with van der Waals surface area (Å²) in [6.45, 7) is 0.738. The number of imidazole rings is 1. The van der Waals surface area contributed by atoms with E-state index in [9.17, 15) is 0 Å². The normalized spacial score (nSPS) is 15.7. The van der Waals surface area contributed by atoms with E-state index in [2.05, 4.69) is 31.7 Å². The second-order valence-electron chi connectivity index (χ2n) is 7.55. The van der Waals surface area contributed by atoms with Crippen LogP contribution in [0.15, 0.2) is 55.1 Å². The predicted octanol–water partition coefficient (Wildman–Crippen LogP) is 5.03. The zero-order valence-electron chi connectivity index (χ0n) is 16.2. The van der Waals surface area contributed by atoms with E-state index in [-0.39, 0.29) is 6.04 Å². The van der Waals surface area contributed by atoms with E-state index in [1.54, 1.807) is 12.4 Å². The minimum Gasteiger partial charge on any atom is -0.368 e. The molecule has 0 aliphatic carbocycles. The number of benzene rings is 1. The fourth-order valence-corrected chi connectivity index (χ4v) is 4.59. The van der Waals surface area contributed by atoms with E-state index in [4.69, 9.17) is 28.2 Å². The van der Waals surface area contributed by atoms with E-state index in [0.29, 0.717) is 27.3 Å². The van der Waals surface area contributed by atoms with Crippen LogP contribution in [0.4, 0.5) is 11.6 Å². The zero-order chi connectivity index (χ0) is 20.9. The fourth-order valence-electron chi connectivity index (χ4n) is 4.14. The standard InChI is InChI=1S/C22H17Cl2N7/c23-13-3-4-15-16(11-27-17(15)9-13)18-19(24)31-7-6-26-22(31)21(30-18)29-14-8-12-2-1-5-25-20(12)28-10-14/h1-7,9,11,14,27H,8,10H2,(H,25,28)(H,29,30). The van der Waals surface area contributed by atoms with Gasteiger partial charge in [0.2, 0.25) is 0 Å². The molecule has 1 unspecified atom stereocenters. The van der Waals surface area contributed by atoms with Gasteiger partial charge in [-0.05, 0) is 30.2 Å². The van der Waals surface area contributed by atoms with E-state index < -0.39 is 0 Å². The van der Waals surface area contributed by atoms with Gasteiger partial charge in [0.15, 0.2) is 11.5 Å². The van der Waals surface area contributed by atoms with Gasteiger partial charge in [-0.2, -0.15) is 0 Å². The van der Waals surface area contributed by atoms with Crippen molar-refractivity contribution in [1.29, 1.82) is 0 Å². The number of fused-ring (bicyclic) bond motifs is 3. The molecule has 0 amide bonds. The first kappa shape index (κ1) is 18.5. The van der Waals surface area contributed by atoms with Crippen LogP contribution in [0.3, 0.4) is 0 Å². The summed E-state index contributed by atoms with van der Waals surface area (Å²) in [5.74, 6) is 1.63. The lowest BCUT2D eigenvalue weighted by molar-refractivity contribution is 0.713. The number of rotatable bonds is 3. The molecule has 0 fully saturated rings. The molecule has 0 saturated heterocycles.